The Bertz CT molecular complexity index is 1050. The minimum absolute atomic E-state index is 0.0848. The Kier molecular flexibility index (Phi) is 6.06. The number of piperidine rings is 1. The van der Waals surface area contributed by atoms with E-state index in [1.54, 1.807) is 0 Å². The lowest BCUT2D eigenvalue weighted by atomic mass is 9.92. The lowest BCUT2D eigenvalue weighted by Crippen LogP contribution is -2.43. The van der Waals surface area contributed by atoms with Crippen molar-refractivity contribution in [2.45, 2.75) is 64.3 Å². The number of carbonyl (C=O) groups excluding carboxylic acids is 2. The zero-order valence-electron chi connectivity index (χ0n) is 18.0. The van der Waals surface area contributed by atoms with Crippen molar-refractivity contribution >= 4 is 29.3 Å². The molecular weight excluding hydrogens is 394 g/mol. The second kappa shape index (κ2) is 8.91. The maximum absolute atomic E-state index is 13.1. The predicted octanol–water partition coefficient (Wildman–Crippen LogP) is 3.17. The highest BCUT2D eigenvalue weighted by atomic mass is 16.2. The first kappa shape index (κ1) is 21.1. The molecule has 0 aliphatic carbocycles. The van der Waals surface area contributed by atoms with Crippen LogP contribution in [0.3, 0.4) is 0 Å². The standard InChI is InChI=1S/C23H29N5O3/c1-3-14-9-5-6-11-17(14)24-21(30)16-13-18(29)25-20-19(16)22(31)27-23(26-20)28-12-8-7-10-15(28)4-2/h5-6,9,11,15-16H,3-4,7-8,10,12-13H2,1-2H3,(H,24,30)(H2,25,26,27,29,31)/t15-,16-/m0/s1. The molecule has 3 N–H and O–H groups in total. The fourth-order valence-corrected chi connectivity index (χ4v) is 4.59. The van der Waals surface area contributed by atoms with Crippen LogP contribution < -0.4 is 21.1 Å². The summed E-state index contributed by atoms with van der Waals surface area (Å²) in [7, 11) is 0. The molecule has 0 radical (unpaired) electrons. The number of nitrogens with zero attached hydrogens (tertiary/aromatic N) is 2. The van der Waals surface area contributed by atoms with E-state index in [1.807, 2.05) is 31.2 Å². The number of hydrogen-bond acceptors (Lipinski definition) is 5. The Balaban J connectivity index is 1.67. The van der Waals surface area contributed by atoms with Crippen molar-refractivity contribution < 1.29 is 9.59 Å². The fourth-order valence-electron chi connectivity index (χ4n) is 4.59. The monoisotopic (exact) mass is 423 g/mol. The summed E-state index contributed by atoms with van der Waals surface area (Å²) in [4.78, 5) is 48.1. The largest absolute Gasteiger partial charge is 0.339 e. The molecule has 31 heavy (non-hydrogen) atoms. The molecule has 0 saturated carbocycles. The molecular formula is C23H29N5O3. The van der Waals surface area contributed by atoms with Crippen LogP contribution in [0.1, 0.15) is 63.0 Å². The van der Waals surface area contributed by atoms with Gasteiger partial charge in [-0.25, -0.2) is 0 Å². The van der Waals surface area contributed by atoms with Gasteiger partial charge in [-0.2, -0.15) is 4.98 Å². The number of nitrogens with one attached hydrogen (secondary N) is 3. The summed E-state index contributed by atoms with van der Waals surface area (Å²) in [6.45, 7) is 4.94. The number of fused-ring (bicyclic) bond motifs is 1. The Labute approximate surface area is 181 Å². The molecule has 8 heteroatoms. The van der Waals surface area contributed by atoms with Crippen molar-refractivity contribution in [2.75, 3.05) is 22.1 Å². The predicted molar refractivity (Wildman–Crippen MR) is 121 cm³/mol. The molecule has 8 nitrogen and oxygen atoms in total. The number of H-pyrrole nitrogens is 1. The third-order valence-electron chi connectivity index (χ3n) is 6.28. The van der Waals surface area contributed by atoms with Gasteiger partial charge in [0.1, 0.15) is 5.82 Å². The molecule has 2 aliphatic rings. The van der Waals surface area contributed by atoms with E-state index in [9.17, 15) is 14.4 Å². The van der Waals surface area contributed by atoms with Gasteiger partial charge in [0.25, 0.3) is 5.56 Å². The second-order valence-electron chi connectivity index (χ2n) is 8.21. The van der Waals surface area contributed by atoms with Crippen molar-refractivity contribution in [2.24, 2.45) is 0 Å². The number of benzene rings is 1. The SMILES string of the molecule is CCc1ccccc1NC(=O)[C@H]1CC(=O)Nc2nc(N3CCCC[C@@H]3CC)[nH]c(=O)c21. The molecule has 0 spiro atoms. The van der Waals surface area contributed by atoms with Crippen molar-refractivity contribution in [1.82, 2.24) is 9.97 Å². The zero-order chi connectivity index (χ0) is 22.0. The molecule has 0 unspecified atom stereocenters. The van der Waals surface area contributed by atoms with Crippen molar-refractivity contribution in [1.29, 1.82) is 0 Å². The minimum Gasteiger partial charge on any atom is -0.339 e. The highest BCUT2D eigenvalue weighted by Gasteiger charge is 2.36. The molecule has 1 aromatic heterocycles. The van der Waals surface area contributed by atoms with Gasteiger partial charge in [-0.05, 0) is 43.7 Å². The normalized spacial score (nSPS) is 20.7. The summed E-state index contributed by atoms with van der Waals surface area (Å²) in [5, 5.41) is 5.61. The number of aryl methyl sites for hydroxylation is 1. The molecule has 4 rings (SSSR count). The Morgan fingerprint density at radius 1 is 1.23 bits per heavy atom. The van der Waals surface area contributed by atoms with Crippen LogP contribution in [0.4, 0.5) is 17.5 Å². The van der Waals surface area contributed by atoms with Gasteiger partial charge in [-0.3, -0.25) is 19.4 Å². The number of carbonyl (C=O) groups is 2. The average Bonchev–Trinajstić information content (AvgIpc) is 2.78. The number of anilines is 3. The van der Waals surface area contributed by atoms with E-state index < -0.39 is 5.92 Å². The number of para-hydroxylation sites is 1. The Morgan fingerprint density at radius 3 is 2.81 bits per heavy atom. The van der Waals surface area contributed by atoms with E-state index in [-0.39, 0.29) is 35.2 Å². The van der Waals surface area contributed by atoms with E-state index in [4.69, 9.17) is 0 Å². The first-order valence-corrected chi connectivity index (χ1v) is 11.1. The van der Waals surface area contributed by atoms with Crippen LogP contribution in [0.15, 0.2) is 29.1 Å². The van der Waals surface area contributed by atoms with Gasteiger partial charge in [-0.15, -0.1) is 0 Å². The van der Waals surface area contributed by atoms with E-state index in [0.717, 1.165) is 44.2 Å². The van der Waals surface area contributed by atoms with Gasteiger partial charge in [-0.1, -0.05) is 32.0 Å². The molecule has 2 atom stereocenters. The van der Waals surface area contributed by atoms with E-state index in [0.29, 0.717) is 17.7 Å². The molecule has 1 fully saturated rings. The highest BCUT2D eigenvalue weighted by Crippen LogP contribution is 2.32. The molecule has 1 aromatic carbocycles. The van der Waals surface area contributed by atoms with Crippen LogP contribution >= 0.6 is 0 Å². The number of hydrogen-bond donors (Lipinski definition) is 3. The summed E-state index contributed by atoms with van der Waals surface area (Å²) in [6.07, 6.45) is 4.87. The second-order valence-corrected chi connectivity index (χ2v) is 8.21. The van der Waals surface area contributed by atoms with Crippen molar-refractivity contribution in [3.63, 3.8) is 0 Å². The van der Waals surface area contributed by atoms with Crippen LogP contribution in [0, 0.1) is 0 Å². The molecule has 2 amide bonds. The van der Waals surface area contributed by atoms with Gasteiger partial charge in [0, 0.05) is 24.7 Å². The first-order chi connectivity index (χ1) is 15.0. The van der Waals surface area contributed by atoms with Crippen LogP contribution in [0.25, 0.3) is 0 Å². The number of amides is 2. The van der Waals surface area contributed by atoms with Crippen LogP contribution in [0.2, 0.25) is 0 Å². The molecule has 164 valence electrons. The number of aromatic amines is 1. The molecule has 3 heterocycles. The van der Waals surface area contributed by atoms with Gasteiger partial charge < -0.3 is 15.5 Å². The van der Waals surface area contributed by atoms with Gasteiger partial charge in [0.2, 0.25) is 17.8 Å². The maximum Gasteiger partial charge on any atom is 0.258 e. The van der Waals surface area contributed by atoms with Crippen LogP contribution in [0.5, 0.6) is 0 Å². The number of aromatic nitrogens is 2. The summed E-state index contributed by atoms with van der Waals surface area (Å²) >= 11 is 0. The molecule has 1 saturated heterocycles. The van der Waals surface area contributed by atoms with E-state index >= 15 is 0 Å². The third kappa shape index (κ3) is 4.19. The van der Waals surface area contributed by atoms with Crippen LogP contribution in [-0.4, -0.2) is 34.4 Å². The lowest BCUT2D eigenvalue weighted by molar-refractivity contribution is -0.123. The number of rotatable bonds is 5. The first-order valence-electron chi connectivity index (χ1n) is 11.1. The van der Waals surface area contributed by atoms with Gasteiger partial charge >= 0.3 is 0 Å². The minimum atomic E-state index is -0.887. The van der Waals surface area contributed by atoms with Crippen molar-refractivity contribution in [3.05, 3.63) is 45.7 Å². The smallest absolute Gasteiger partial charge is 0.258 e. The Hall–Kier alpha value is -3.16. The summed E-state index contributed by atoms with van der Waals surface area (Å²) in [5.41, 5.74) is 1.54. The Morgan fingerprint density at radius 2 is 2.03 bits per heavy atom. The molecule has 0 bridgehead atoms. The average molecular weight is 424 g/mol. The fraction of sp³-hybridized carbons (Fsp3) is 0.478. The molecule has 2 aliphatic heterocycles. The van der Waals surface area contributed by atoms with Crippen molar-refractivity contribution in [3.8, 4) is 0 Å². The van der Waals surface area contributed by atoms with E-state index in [2.05, 4.69) is 32.4 Å². The summed E-state index contributed by atoms with van der Waals surface area (Å²) in [5.74, 6) is -0.915. The summed E-state index contributed by atoms with van der Waals surface area (Å²) in [6, 6.07) is 7.84. The topological polar surface area (TPSA) is 107 Å². The van der Waals surface area contributed by atoms with Gasteiger partial charge in [0.05, 0.1) is 11.5 Å². The maximum atomic E-state index is 13.1. The zero-order valence-corrected chi connectivity index (χ0v) is 18.0. The highest BCUT2D eigenvalue weighted by molar-refractivity contribution is 6.04. The quantitative estimate of drug-likeness (QED) is 0.685. The molecule has 2 aromatic rings. The van der Waals surface area contributed by atoms with Gasteiger partial charge in [0.15, 0.2) is 0 Å². The third-order valence-corrected chi connectivity index (χ3v) is 6.28. The van der Waals surface area contributed by atoms with Crippen LogP contribution in [-0.2, 0) is 16.0 Å². The lowest BCUT2D eigenvalue weighted by Gasteiger charge is -2.36. The summed E-state index contributed by atoms with van der Waals surface area (Å²) < 4.78 is 0. The van der Waals surface area contributed by atoms with E-state index in [1.165, 1.54) is 0 Å².